The monoisotopic (exact) mass is 343 g/mol. The van der Waals surface area contributed by atoms with Crippen molar-refractivity contribution < 1.29 is 13.9 Å². The van der Waals surface area contributed by atoms with E-state index in [4.69, 9.17) is 9.15 Å². The lowest BCUT2D eigenvalue weighted by atomic mass is 10.2. The van der Waals surface area contributed by atoms with Crippen molar-refractivity contribution in [3.05, 3.63) is 54.0 Å². The maximum atomic E-state index is 12.3. The Morgan fingerprint density at radius 3 is 2.80 bits per heavy atom. The number of hydrogen-bond acceptors (Lipinski definition) is 5. The van der Waals surface area contributed by atoms with E-state index in [2.05, 4.69) is 15.5 Å². The zero-order chi connectivity index (χ0) is 17.3. The Morgan fingerprint density at radius 1 is 1.20 bits per heavy atom. The van der Waals surface area contributed by atoms with E-state index in [-0.39, 0.29) is 5.91 Å². The molecule has 0 saturated carbocycles. The van der Waals surface area contributed by atoms with Crippen molar-refractivity contribution >= 4 is 5.91 Å². The first-order valence-electron chi connectivity index (χ1n) is 8.78. The van der Waals surface area contributed by atoms with Crippen LogP contribution in [-0.4, -0.2) is 50.1 Å². The fraction of sp³-hybridized carbons (Fsp3) is 0.421. The molecule has 1 aromatic carbocycles. The van der Waals surface area contributed by atoms with Crippen LogP contribution in [0.1, 0.15) is 22.5 Å². The fourth-order valence-electron chi connectivity index (χ4n) is 2.85. The minimum atomic E-state index is -0.183. The summed E-state index contributed by atoms with van der Waals surface area (Å²) in [5, 5.41) is 6.27. The normalized spacial score (nSPS) is 15.0. The highest BCUT2D eigenvalue weighted by Gasteiger charge is 2.16. The first-order valence-corrected chi connectivity index (χ1v) is 8.78. The summed E-state index contributed by atoms with van der Waals surface area (Å²) in [4.78, 5) is 14.7. The Balaban J connectivity index is 1.42. The van der Waals surface area contributed by atoms with Crippen molar-refractivity contribution in [1.29, 1.82) is 0 Å². The van der Waals surface area contributed by atoms with Crippen LogP contribution in [-0.2, 0) is 6.61 Å². The molecule has 134 valence electrons. The number of rotatable bonds is 8. The first kappa shape index (κ1) is 17.5. The average molecular weight is 343 g/mol. The molecule has 1 fully saturated rings. The smallest absolute Gasteiger partial charge is 0.287 e. The summed E-state index contributed by atoms with van der Waals surface area (Å²) < 4.78 is 11.0. The van der Waals surface area contributed by atoms with Crippen molar-refractivity contribution in [2.45, 2.75) is 13.0 Å². The number of benzene rings is 1. The van der Waals surface area contributed by atoms with E-state index in [9.17, 15) is 4.79 Å². The van der Waals surface area contributed by atoms with Gasteiger partial charge in [-0.3, -0.25) is 4.79 Å². The Bertz CT molecular complexity index is 651. The van der Waals surface area contributed by atoms with E-state index in [1.165, 1.54) is 6.26 Å². The lowest BCUT2D eigenvalue weighted by Crippen LogP contribution is -2.44. The quantitative estimate of drug-likeness (QED) is 0.717. The molecule has 0 spiro atoms. The topological polar surface area (TPSA) is 66.7 Å². The van der Waals surface area contributed by atoms with Gasteiger partial charge in [-0.15, -0.1) is 0 Å². The number of nitrogens with zero attached hydrogens (tertiary/aromatic N) is 1. The highest BCUT2D eigenvalue weighted by Crippen LogP contribution is 2.15. The molecule has 0 bridgehead atoms. The van der Waals surface area contributed by atoms with Crippen LogP contribution >= 0.6 is 0 Å². The minimum Gasteiger partial charge on any atom is -0.489 e. The van der Waals surface area contributed by atoms with Gasteiger partial charge in [0.15, 0.2) is 5.76 Å². The van der Waals surface area contributed by atoms with Crippen molar-refractivity contribution in [1.82, 2.24) is 15.5 Å². The molecule has 2 N–H and O–H groups in total. The van der Waals surface area contributed by atoms with Crippen LogP contribution in [0.4, 0.5) is 0 Å². The molecule has 2 aromatic rings. The predicted molar refractivity (Wildman–Crippen MR) is 95.7 cm³/mol. The molecule has 0 aliphatic carbocycles. The van der Waals surface area contributed by atoms with Gasteiger partial charge >= 0.3 is 0 Å². The largest absolute Gasteiger partial charge is 0.489 e. The first-order chi connectivity index (χ1) is 12.3. The number of carbonyl (C=O) groups excluding carboxylic acids is 1. The number of carbonyl (C=O) groups is 1. The van der Waals surface area contributed by atoms with Gasteiger partial charge in [-0.2, -0.15) is 0 Å². The SMILES string of the molecule is O=C(NCCCN1CCNCC1)c1occc1COc1ccccc1. The summed E-state index contributed by atoms with van der Waals surface area (Å²) in [5.74, 6) is 0.918. The molecule has 6 nitrogen and oxygen atoms in total. The van der Waals surface area contributed by atoms with Crippen LogP contribution in [0.25, 0.3) is 0 Å². The maximum absolute atomic E-state index is 12.3. The van der Waals surface area contributed by atoms with E-state index in [0.29, 0.717) is 18.9 Å². The highest BCUT2D eigenvalue weighted by atomic mass is 16.5. The van der Waals surface area contributed by atoms with Crippen molar-refractivity contribution in [3.63, 3.8) is 0 Å². The average Bonchev–Trinajstić information content (AvgIpc) is 3.14. The highest BCUT2D eigenvalue weighted by molar-refractivity contribution is 5.92. The van der Waals surface area contributed by atoms with E-state index in [1.54, 1.807) is 6.07 Å². The summed E-state index contributed by atoms with van der Waals surface area (Å²) in [5.41, 5.74) is 0.753. The molecule has 0 atom stereocenters. The molecule has 6 heteroatoms. The van der Waals surface area contributed by atoms with E-state index < -0.39 is 0 Å². The third-order valence-corrected chi connectivity index (χ3v) is 4.24. The van der Waals surface area contributed by atoms with Crippen molar-refractivity contribution in [3.8, 4) is 5.75 Å². The van der Waals surface area contributed by atoms with Crippen LogP contribution in [0.5, 0.6) is 5.75 Å². The van der Waals surface area contributed by atoms with Gasteiger partial charge < -0.3 is 24.7 Å². The van der Waals surface area contributed by atoms with Gasteiger partial charge in [0.25, 0.3) is 5.91 Å². The molecule has 1 aliphatic heterocycles. The number of amides is 1. The zero-order valence-corrected chi connectivity index (χ0v) is 14.4. The molecule has 3 rings (SSSR count). The molecular weight excluding hydrogens is 318 g/mol. The van der Waals surface area contributed by atoms with E-state index in [0.717, 1.165) is 50.5 Å². The Kier molecular flexibility index (Phi) is 6.48. The Hall–Kier alpha value is -2.31. The number of para-hydroxylation sites is 1. The number of nitrogens with one attached hydrogen (secondary N) is 2. The van der Waals surface area contributed by atoms with Crippen LogP contribution in [0.2, 0.25) is 0 Å². The molecular formula is C19H25N3O3. The Labute approximate surface area is 148 Å². The molecule has 1 aliphatic rings. The van der Waals surface area contributed by atoms with Gasteiger partial charge in [0, 0.05) is 38.3 Å². The van der Waals surface area contributed by atoms with Gasteiger partial charge in [0.1, 0.15) is 12.4 Å². The predicted octanol–water partition coefficient (Wildman–Crippen LogP) is 1.88. The molecule has 1 aromatic heterocycles. The van der Waals surface area contributed by atoms with Crippen molar-refractivity contribution in [2.75, 3.05) is 39.3 Å². The molecule has 0 unspecified atom stereocenters. The third-order valence-electron chi connectivity index (χ3n) is 4.24. The summed E-state index contributed by atoms with van der Waals surface area (Å²) in [6.07, 6.45) is 2.46. The number of furan rings is 1. The van der Waals surface area contributed by atoms with E-state index >= 15 is 0 Å². The number of ether oxygens (including phenoxy) is 1. The van der Waals surface area contributed by atoms with Gasteiger partial charge in [0.2, 0.25) is 0 Å². The molecule has 2 heterocycles. The fourth-order valence-corrected chi connectivity index (χ4v) is 2.85. The summed E-state index contributed by atoms with van der Waals surface area (Å²) in [6.45, 7) is 6.20. The molecule has 25 heavy (non-hydrogen) atoms. The lowest BCUT2D eigenvalue weighted by Gasteiger charge is -2.27. The summed E-state index contributed by atoms with van der Waals surface area (Å²) in [6, 6.07) is 11.3. The van der Waals surface area contributed by atoms with Crippen LogP contribution < -0.4 is 15.4 Å². The molecule has 1 amide bonds. The number of hydrogen-bond donors (Lipinski definition) is 2. The van der Waals surface area contributed by atoms with Gasteiger partial charge in [0.05, 0.1) is 6.26 Å². The zero-order valence-electron chi connectivity index (χ0n) is 14.4. The molecule has 1 saturated heterocycles. The van der Waals surface area contributed by atoms with Crippen LogP contribution in [0.3, 0.4) is 0 Å². The Morgan fingerprint density at radius 2 is 2.00 bits per heavy atom. The van der Waals surface area contributed by atoms with Gasteiger partial charge in [-0.1, -0.05) is 18.2 Å². The van der Waals surface area contributed by atoms with Crippen LogP contribution in [0.15, 0.2) is 47.1 Å². The standard InChI is InChI=1S/C19H25N3O3/c23-19(21-8-4-11-22-12-9-20-10-13-22)18-16(7-14-24-18)15-25-17-5-2-1-3-6-17/h1-3,5-7,14,20H,4,8-13,15H2,(H,21,23). The second-order valence-electron chi connectivity index (χ2n) is 6.08. The van der Waals surface area contributed by atoms with Gasteiger partial charge in [-0.05, 0) is 31.2 Å². The summed E-state index contributed by atoms with van der Waals surface area (Å²) >= 11 is 0. The summed E-state index contributed by atoms with van der Waals surface area (Å²) in [7, 11) is 0. The second-order valence-corrected chi connectivity index (χ2v) is 6.08. The lowest BCUT2D eigenvalue weighted by molar-refractivity contribution is 0.0920. The van der Waals surface area contributed by atoms with Gasteiger partial charge in [-0.25, -0.2) is 0 Å². The minimum absolute atomic E-state index is 0.183. The second kappa shape index (κ2) is 9.25. The number of piperazine rings is 1. The van der Waals surface area contributed by atoms with Crippen LogP contribution in [0, 0.1) is 0 Å². The maximum Gasteiger partial charge on any atom is 0.287 e. The molecule has 0 radical (unpaired) electrons. The van der Waals surface area contributed by atoms with Crippen molar-refractivity contribution in [2.24, 2.45) is 0 Å². The van der Waals surface area contributed by atoms with E-state index in [1.807, 2.05) is 30.3 Å². The third kappa shape index (κ3) is 5.34.